The molecule has 0 aliphatic heterocycles. The third-order valence-corrected chi connectivity index (χ3v) is 4.11. The molecule has 3 rings (SSSR count). The van der Waals surface area contributed by atoms with Crippen LogP contribution in [0.2, 0.25) is 0 Å². The van der Waals surface area contributed by atoms with Gasteiger partial charge in [0.1, 0.15) is 0 Å². The number of phenols is 1. The highest BCUT2D eigenvalue weighted by Gasteiger charge is 2.24. The maximum Gasteiger partial charge on any atom is 0.235 e. The van der Waals surface area contributed by atoms with Crippen molar-refractivity contribution in [3.05, 3.63) is 34.5 Å². The van der Waals surface area contributed by atoms with Crippen molar-refractivity contribution >= 4 is 11.0 Å². The standard InChI is InChI=1S/C19H18O8/c1-23-12-7-9(5-6-11(12)20)16-15(22)14(21)10-8-13(24-2)18(25-3)19(26-4)17(10)27-16/h5-8,20,22H,1-4H3. The van der Waals surface area contributed by atoms with Crippen LogP contribution >= 0.6 is 0 Å². The van der Waals surface area contributed by atoms with Gasteiger partial charge in [-0.15, -0.1) is 0 Å². The summed E-state index contributed by atoms with van der Waals surface area (Å²) < 4.78 is 26.8. The molecule has 3 aromatic rings. The van der Waals surface area contributed by atoms with Gasteiger partial charge in [-0.1, -0.05) is 0 Å². The van der Waals surface area contributed by atoms with Gasteiger partial charge in [0.15, 0.2) is 28.6 Å². The van der Waals surface area contributed by atoms with Crippen LogP contribution in [0.5, 0.6) is 34.5 Å². The molecule has 0 aliphatic carbocycles. The first-order valence-corrected chi connectivity index (χ1v) is 7.82. The molecule has 142 valence electrons. The molecule has 0 aliphatic rings. The third kappa shape index (κ3) is 2.84. The lowest BCUT2D eigenvalue weighted by atomic mass is 10.1. The minimum absolute atomic E-state index is 0.0662. The average Bonchev–Trinajstić information content (AvgIpc) is 2.69. The number of fused-ring (bicyclic) bond motifs is 1. The maximum absolute atomic E-state index is 12.7. The Morgan fingerprint density at radius 2 is 1.52 bits per heavy atom. The van der Waals surface area contributed by atoms with Crippen molar-refractivity contribution in [1.29, 1.82) is 0 Å². The lowest BCUT2D eigenvalue weighted by molar-refractivity contribution is 0.323. The van der Waals surface area contributed by atoms with E-state index in [1.807, 2.05) is 0 Å². The molecule has 0 saturated heterocycles. The molecule has 0 spiro atoms. The molecule has 27 heavy (non-hydrogen) atoms. The van der Waals surface area contributed by atoms with Gasteiger partial charge in [-0.2, -0.15) is 0 Å². The van der Waals surface area contributed by atoms with Crippen molar-refractivity contribution in [2.45, 2.75) is 0 Å². The zero-order valence-corrected chi connectivity index (χ0v) is 15.2. The Kier molecular flexibility index (Phi) is 4.72. The van der Waals surface area contributed by atoms with Crippen LogP contribution in [0.25, 0.3) is 22.3 Å². The van der Waals surface area contributed by atoms with Gasteiger partial charge in [0.2, 0.25) is 22.7 Å². The van der Waals surface area contributed by atoms with E-state index in [0.717, 1.165) is 0 Å². The van der Waals surface area contributed by atoms with Crippen LogP contribution in [0.1, 0.15) is 0 Å². The summed E-state index contributed by atoms with van der Waals surface area (Å²) in [4.78, 5) is 12.7. The summed E-state index contributed by atoms with van der Waals surface area (Å²) in [7, 11) is 5.63. The van der Waals surface area contributed by atoms with Gasteiger partial charge in [0.25, 0.3) is 0 Å². The predicted molar refractivity (Wildman–Crippen MR) is 97.5 cm³/mol. The van der Waals surface area contributed by atoms with Gasteiger partial charge in [-0.05, 0) is 24.3 Å². The maximum atomic E-state index is 12.7. The van der Waals surface area contributed by atoms with E-state index >= 15 is 0 Å². The number of hydrogen-bond donors (Lipinski definition) is 2. The molecule has 1 heterocycles. The van der Waals surface area contributed by atoms with Crippen LogP contribution in [0.3, 0.4) is 0 Å². The SMILES string of the molecule is COc1cc(-c2oc3c(OC)c(OC)c(OC)cc3c(=O)c2O)ccc1O. The summed E-state index contributed by atoms with van der Waals surface area (Å²) in [5.41, 5.74) is -0.254. The normalized spacial score (nSPS) is 10.7. The van der Waals surface area contributed by atoms with E-state index in [1.165, 1.54) is 52.7 Å². The molecule has 2 aromatic carbocycles. The van der Waals surface area contributed by atoms with Crippen molar-refractivity contribution in [3.8, 4) is 45.8 Å². The van der Waals surface area contributed by atoms with E-state index < -0.39 is 11.2 Å². The second-order valence-corrected chi connectivity index (χ2v) is 5.52. The van der Waals surface area contributed by atoms with Crippen LogP contribution in [0.4, 0.5) is 0 Å². The summed E-state index contributed by atoms with van der Waals surface area (Å²) in [5, 5.41) is 20.2. The summed E-state index contributed by atoms with van der Waals surface area (Å²) in [5.74, 6) is 0.0294. The van der Waals surface area contributed by atoms with Crippen molar-refractivity contribution in [3.63, 3.8) is 0 Å². The molecule has 0 amide bonds. The molecule has 0 fully saturated rings. The van der Waals surface area contributed by atoms with E-state index in [2.05, 4.69) is 0 Å². The Bertz CT molecular complexity index is 1070. The molecule has 2 N–H and O–H groups in total. The Morgan fingerprint density at radius 3 is 2.11 bits per heavy atom. The highest BCUT2D eigenvalue weighted by molar-refractivity contribution is 5.91. The summed E-state index contributed by atoms with van der Waals surface area (Å²) >= 11 is 0. The number of ether oxygens (including phenoxy) is 4. The van der Waals surface area contributed by atoms with E-state index in [1.54, 1.807) is 0 Å². The lowest BCUT2D eigenvalue weighted by Crippen LogP contribution is -2.05. The smallest absolute Gasteiger partial charge is 0.235 e. The zero-order chi connectivity index (χ0) is 19.7. The zero-order valence-electron chi connectivity index (χ0n) is 15.2. The monoisotopic (exact) mass is 374 g/mol. The molecule has 0 atom stereocenters. The molecular weight excluding hydrogens is 356 g/mol. The Hall–Kier alpha value is -3.55. The third-order valence-electron chi connectivity index (χ3n) is 4.11. The van der Waals surface area contributed by atoms with Crippen LogP contribution in [-0.2, 0) is 0 Å². The van der Waals surface area contributed by atoms with Crippen molar-refractivity contribution in [1.82, 2.24) is 0 Å². The first-order chi connectivity index (χ1) is 13.0. The quantitative estimate of drug-likeness (QED) is 0.702. The Balaban J connectivity index is 2.40. The van der Waals surface area contributed by atoms with E-state index in [-0.39, 0.29) is 45.5 Å². The summed E-state index contributed by atoms with van der Waals surface area (Å²) in [6, 6.07) is 5.69. The number of hydrogen-bond acceptors (Lipinski definition) is 8. The Labute approximate surface area is 154 Å². The molecule has 8 nitrogen and oxygen atoms in total. The van der Waals surface area contributed by atoms with Crippen LogP contribution in [0.15, 0.2) is 33.5 Å². The number of methoxy groups -OCH3 is 4. The van der Waals surface area contributed by atoms with Crippen LogP contribution in [0, 0.1) is 0 Å². The van der Waals surface area contributed by atoms with Gasteiger partial charge in [-0.25, -0.2) is 0 Å². The fourth-order valence-electron chi connectivity index (χ4n) is 2.80. The minimum Gasteiger partial charge on any atom is -0.504 e. The molecular formula is C19H18O8. The first-order valence-electron chi connectivity index (χ1n) is 7.82. The molecule has 0 unspecified atom stereocenters. The number of rotatable bonds is 5. The van der Waals surface area contributed by atoms with Gasteiger partial charge >= 0.3 is 0 Å². The van der Waals surface area contributed by atoms with Crippen LogP contribution in [-0.4, -0.2) is 38.7 Å². The predicted octanol–water partition coefficient (Wildman–Crippen LogP) is 2.91. The average molecular weight is 374 g/mol. The van der Waals surface area contributed by atoms with Gasteiger partial charge in [0, 0.05) is 5.56 Å². The van der Waals surface area contributed by atoms with E-state index in [9.17, 15) is 15.0 Å². The van der Waals surface area contributed by atoms with Crippen LogP contribution < -0.4 is 24.4 Å². The highest BCUT2D eigenvalue weighted by atomic mass is 16.5. The molecule has 0 radical (unpaired) electrons. The largest absolute Gasteiger partial charge is 0.504 e. The number of benzene rings is 2. The fourth-order valence-corrected chi connectivity index (χ4v) is 2.80. The molecule has 0 bridgehead atoms. The van der Waals surface area contributed by atoms with Crippen molar-refractivity contribution < 1.29 is 33.6 Å². The van der Waals surface area contributed by atoms with Gasteiger partial charge in [-0.3, -0.25) is 4.79 Å². The topological polar surface area (TPSA) is 108 Å². The van der Waals surface area contributed by atoms with Crippen molar-refractivity contribution in [2.24, 2.45) is 0 Å². The Morgan fingerprint density at radius 1 is 0.852 bits per heavy atom. The van der Waals surface area contributed by atoms with Gasteiger partial charge < -0.3 is 33.6 Å². The molecule has 8 heteroatoms. The van der Waals surface area contributed by atoms with Gasteiger partial charge in [0.05, 0.1) is 33.8 Å². The minimum atomic E-state index is -0.669. The second-order valence-electron chi connectivity index (χ2n) is 5.52. The first kappa shape index (κ1) is 18.2. The summed E-state index contributed by atoms with van der Waals surface area (Å²) in [6.07, 6.45) is 0. The number of phenolic OH excluding ortho intramolecular Hbond substituents is 1. The molecule has 0 saturated carbocycles. The van der Waals surface area contributed by atoms with E-state index in [0.29, 0.717) is 5.56 Å². The molecule has 1 aromatic heterocycles. The fraction of sp³-hybridized carbons (Fsp3) is 0.211. The summed E-state index contributed by atoms with van der Waals surface area (Å²) in [6.45, 7) is 0. The number of aromatic hydroxyl groups is 2. The van der Waals surface area contributed by atoms with E-state index in [4.69, 9.17) is 23.4 Å². The van der Waals surface area contributed by atoms with Crippen molar-refractivity contribution in [2.75, 3.05) is 28.4 Å². The lowest BCUT2D eigenvalue weighted by Gasteiger charge is -2.15. The second kappa shape index (κ2) is 6.99. The highest BCUT2D eigenvalue weighted by Crippen LogP contribution is 2.45.